The van der Waals surface area contributed by atoms with E-state index in [1.807, 2.05) is 0 Å². The number of aromatic hydroxyl groups is 2. The zero-order valence-corrected chi connectivity index (χ0v) is 52.6. The predicted octanol–water partition coefficient (Wildman–Crippen LogP) is 14.0. The first-order valence-electron chi connectivity index (χ1n) is 31.2. The number of aromatic nitrogens is 1. The van der Waals surface area contributed by atoms with E-state index in [0.717, 1.165) is 8.96 Å². The van der Waals surface area contributed by atoms with Gasteiger partial charge in [0.1, 0.15) is 51.4 Å². The third-order valence-electron chi connectivity index (χ3n) is 17.4. The van der Waals surface area contributed by atoms with Crippen molar-refractivity contribution >= 4 is 75.7 Å². The molecule has 15 rings (SSSR count). The molecule has 19 nitrogen and oxygen atoms in total. The number of nitrogens with zero attached hydrogens (tertiary/aromatic N) is 3. The number of hydrogen-bond donors (Lipinski definition) is 6. The Bertz CT molecular complexity index is 6070. The predicted molar refractivity (Wildman–Crippen MR) is 376 cm³/mol. The second kappa shape index (κ2) is 25.2. The molecule has 22 heteroatoms. The molecule has 5 heterocycles. The van der Waals surface area contributed by atoms with Gasteiger partial charge in [-0.05, 0) is 172 Å². The maximum Gasteiger partial charge on any atom is 0.642 e. The van der Waals surface area contributed by atoms with Crippen LogP contribution in [0.1, 0.15) is 54.1 Å². The minimum Gasteiger partial charge on any atom is -0.508 e. The Morgan fingerprint density at radius 3 is 1.37 bits per heavy atom. The normalized spacial score (nSPS) is 12.8. The molecule has 6 aliphatic rings. The molecule has 0 atom stereocenters. The number of halogens is 2. The number of carboxylic acids is 4. The van der Waals surface area contributed by atoms with E-state index in [1.54, 1.807) is 127 Å². The van der Waals surface area contributed by atoms with E-state index >= 15 is 8.63 Å². The van der Waals surface area contributed by atoms with Crippen LogP contribution in [0.2, 0.25) is 0 Å². The Labute approximate surface area is 574 Å². The van der Waals surface area contributed by atoms with Crippen LogP contribution in [-0.2, 0) is 9.59 Å². The van der Waals surface area contributed by atoms with Gasteiger partial charge in [-0.25, -0.2) is 19.2 Å². The van der Waals surface area contributed by atoms with Crippen molar-refractivity contribution in [2.45, 2.75) is 0 Å². The molecule has 494 valence electrons. The minimum atomic E-state index is -4.95. The number of aliphatic imine (C=N–C) groups is 1. The molecular weight excluding hydrogens is 1310 g/mol. The first-order valence-corrected chi connectivity index (χ1v) is 31.2. The van der Waals surface area contributed by atoms with Crippen LogP contribution in [0.5, 0.6) is 23.0 Å². The number of rotatable bonds is 14. The van der Waals surface area contributed by atoms with Crippen LogP contribution in [0.3, 0.4) is 0 Å². The Morgan fingerprint density at radius 2 is 0.902 bits per heavy atom. The summed E-state index contributed by atoms with van der Waals surface area (Å²) in [5, 5.41) is 61.5. The second-order valence-corrected chi connectivity index (χ2v) is 23.8. The van der Waals surface area contributed by atoms with E-state index < -0.39 is 44.1 Å². The van der Waals surface area contributed by atoms with Crippen LogP contribution in [0.15, 0.2) is 242 Å². The average Bonchev–Trinajstić information content (AvgIpc) is 1.52. The molecule has 0 bridgehead atoms. The van der Waals surface area contributed by atoms with Crippen molar-refractivity contribution in [3.63, 3.8) is 0 Å². The molecule has 6 N–H and O–H groups in total. The van der Waals surface area contributed by atoms with Gasteiger partial charge in [-0.15, -0.1) is 0 Å². The van der Waals surface area contributed by atoms with Crippen molar-refractivity contribution in [3.8, 4) is 114 Å². The number of aliphatic carboxylic acids is 2. The van der Waals surface area contributed by atoms with Gasteiger partial charge in [0.15, 0.2) is 24.1 Å². The van der Waals surface area contributed by atoms with Crippen molar-refractivity contribution in [2.75, 3.05) is 13.2 Å². The van der Waals surface area contributed by atoms with Gasteiger partial charge in [-0.3, -0.25) is 9.59 Å². The minimum absolute atomic E-state index is 0.0326. The highest BCUT2D eigenvalue weighted by Crippen LogP contribution is 2.48. The molecule has 0 spiro atoms. The van der Waals surface area contributed by atoms with Crippen LogP contribution in [0, 0.1) is 23.7 Å². The highest BCUT2D eigenvalue weighted by molar-refractivity contribution is 6.63. The zero-order chi connectivity index (χ0) is 70.8. The van der Waals surface area contributed by atoms with Gasteiger partial charge in [0.2, 0.25) is 5.82 Å². The summed E-state index contributed by atoms with van der Waals surface area (Å²) in [6, 6.07) is 53.5. The van der Waals surface area contributed by atoms with Gasteiger partial charge < -0.3 is 66.5 Å². The number of aromatic carboxylic acids is 2. The van der Waals surface area contributed by atoms with E-state index in [-0.39, 0.29) is 102 Å². The number of amidine groups is 1. The largest absolute Gasteiger partial charge is 0.642 e. The van der Waals surface area contributed by atoms with Crippen molar-refractivity contribution in [1.82, 2.24) is 4.48 Å². The van der Waals surface area contributed by atoms with Gasteiger partial charge in [0.25, 0.3) is 5.84 Å². The Kier molecular flexibility index (Phi) is 15.8. The summed E-state index contributed by atoms with van der Waals surface area (Å²) in [6.45, 7) is -6.22. The van der Waals surface area contributed by atoms with Gasteiger partial charge in [-0.1, -0.05) is 72.2 Å². The number of hydrogen-bond acceptors (Lipinski definition) is 13. The van der Waals surface area contributed by atoms with E-state index in [4.69, 9.17) is 23.3 Å². The van der Waals surface area contributed by atoms with Crippen molar-refractivity contribution < 1.29 is 81.2 Å². The van der Waals surface area contributed by atoms with E-state index in [2.05, 4.69) is 23.7 Å². The third-order valence-corrected chi connectivity index (χ3v) is 17.4. The smallest absolute Gasteiger partial charge is 0.508 e. The van der Waals surface area contributed by atoms with Crippen LogP contribution in [-0.4, -0.2) is 95.2 Å². The fourth-order valence-corrected chi connectivity index (χ4v) is 12.8. The molecule has 0 unspecified atom stereocenters. The van der Waals surface area contributed by atoms with Crippen molar-refractivity contribution in [3.05, 3.63) is 283 Å². The summed E-state index contributed by atoms with van der Waals surface area (Å²) in [7, 11) is 0. The number of benzene rings is 10. The Morgan fingerprint density at radius 1 is 0.471 bits per heavy atom. The topological polar surface area (TPSA) is 289 Å². The lowest BCUT2D eigenvalue weighted by atomic mass is 9.89. The molecule has 0 fully saturated rings. The Hall–Kier alpha value is -14.4. The lowest BCUT2D eigenvalue weighted by Crippen LogP contribution is -2.52. The van der Waals surface area contributed by atoms with Crippen LogP contribution in [0.25, 0.3) is 94.8 Å². The second-order valence-electron chi connectivity index (χ2n) is 23.8. The van der Waals surface area contributed by atoms with E-state index in [9.17, 15) is 59.4 Å². The van der Waals surface area contributed by atoms with Gasteiger partial charge in [0, 0.05) is 108 Å². The summed E-state index contributed by atoms with van der Waals surface area (Å²) in [5.41, 5.74) is 5.53. The number of allylic oxidation sites excluding steroid dienone is 1. The van der Waals surface area contributed by atoms with Gasteiger partial charge in [-0.2, -0.15) is 0 Å². The molecular formula is C80H46BF2N3O16. The van der Waals surface area contributed by atoms with Crippen molar-refractivity contribution in [1.29, 1.82) is 0 Å². The quantitative estimate of drug-likeness (QED) is 0.0335. The molecule has 2 aliphatic carbocycles. The van der Waals surface area contributed by atoms with Gasteiger partial charge >= 0.3 is 30.8 Å². The number of ether oxygens (including phenoxy) is 2. The molecule has 8 aromatic carbocycles. The molecule has 0 saturated carbocycles. The summed E-state index contributed by atoms with van der Waals surface area (Å²) in [4.78, 5) is 78.8. The lowest BCUT2D eigenvalue weighted by molar-refractivity contribution is -0.291. The van der Waals surface area contributed by atoms with Crippen LogP contribution >= 0.6 is 0 Å². The fraction of sp³-hybridized carbons (Fsp3) is 0.0250. The summed E-state index contributed by atoms with van der Waals surface area (Å²) < 4.78 is 62.2. The SMILES string of the molecule is O=C(O)COc1ccc(C2=CC3=Nc4c(-c5ccc(OCC(=O)O)cc5)cc(-c5ccc(C#Cc6ccc(-c7c8ccc(=O)cc-8oc8cc(O)ccc78)c(C(=O)O)c6)cc5)n4[B-](F)(F)[N+]3=C2c2ccc(C#Cc3ccc(-c4c5ccc(=O)cc-5oc5cc(O)ccc45)c(C(=O)O)c3)cc2)cc1. The summed E-state index contributed by atoms with van der Waals surface area (Å²) >= 11 is 0. The number of phenolic OH excluding ortho intramolecular Hbond substituents is 2. The maximum atomic E-state index is 18.8. The summed E-state index contributed by atoms with van der Waals surface area (Å²) in [6.07, 6.45) is 1.53. The number of carbonyl (C=O) groups is 4. The van der Waals surface area contributed by atoms with E-state index in [1.165, 1.54) is 91.0 Å². The first-order chi connectivity index (χ1) is 49.2. The number of phenols is 2. The first kappa shape index (κ1) is 63.7. The highest BCUT2D eigenvalue weighted by atomic mass is 19.2. The highest BCUT2D eigenvalue weighted by Gasteiger charge is 2.53. The summed E-state index contributed by atoms with van der Waals surface area (Å²) in [5.74, 6) is 7.55. The van der Waals surface area contributed by atoms with Crippen molar-refractivity contribution in [2.24, 2.45) is 4.99 Å². The molecule has 1 aromatic heterocycles. The lowest BCUT2D eigenvalue weighted by Gasteiger charge is -2.32. The Balaban J connectivity index is 0.807. The fourth-order valence-electron chi connectivity index (χ4n) is 12.8. The van der Waals surface area contributed by atoms with Crippen LogP contribution in [0.4, 0.5) is 14.4 Å². The van der Waals surface area contributed by atoms with E-state index in [0.29, 0.717) is 88.7 Å². The molecule has 102 heavy (non-hydrogen) atoms. The number of fused-ring (bicyclic) bond motifs is 6. The van der Waals surface area contributed by atoms with Crippen LogP contribution < -0.4 is 20.3 Å². The standard InChI is InChI=1S/C80H46BF2N3O16/c82-81(83)85-67(49-11-5-43(6-12-49)1-3-45-9-27-57(65(33-45)79(95)96)75-59-29-19-51(87)35-68(59)101-69-36-52(88)20-30-60(69)75)39-64(48-17-25-56(26-18-48)100-42-74(93)94)78(85)84-72-40-63(47-15-23-55(24-16-47)99-41-73(91)92)77(86(72)81)50-13-7-44(8-14-50)2-4-46-10-28-58(66(34-46)80(97)98)76-61-31-21-53(89)37-70(61)102-71-38-54(90)22-32-62(71)76/h5-40,87,89H,41-42H2,(H,91,92)(H,93,94)(H,95,96)(H,97,98). The third kappa shape index (κ3) is 11.8. The maximum absolute atomic E-state index is 18.8. The molecule has 0 amide bonds. The van der Waals surface area contributed by atoms with Gasteiger partial charge in [0.05, 0.1) is 11.1 Å². The zero-order valence-electron chi connectivity index (χ0n) is 52.6. The molecule has 4 aliphatic heterocycles. The average molecular weight is 1350 g/mol. The number of carboxylic acid groups (broad SMARTS) is 4. The molecule has 0 saturated heterocycles. The monoisotopic (exact) mass is 1350 g/mol. The molecule has 0 radical (unpaired) electrons. The molecule has 9 aromatic rings.